The summed E-state index contributed by atoms with van der Waals surface area (Å²) in [5.41, 5.74) is 2.63. The van der Waals surface area contributed by atoms with Crippen molar-refractivity contribution in [1.82, 2.24) is 0 Å². The molecule has 0 fully saturated rings. The summed E-state index contributed by atoms with van der Waals surface area (Å²) in [7, 11) is 0. The molecule has 1 N–H and O–H groups in total. The Balaban J connectivity index is 2.07. The molecule has 0 spiro atoms. The van der Waals surface area contributed by atoms with Crippen LogP contribution in [-0.4, -0.2) is 23.9 Å². The third kappa shape index (κ3) is 4.33. The van der Waals surface area contributed by atoms with Crippen molar-refractivity contribution in [3.8, 4) is 5.75 Å². The number of halogens is 1. The maximum absolute atomic E-state index is 10.4. The Labute approximate surface area is 127 Å². The van der Waals surface area contributed by atoms with E-state index in [0.29, 0.717) is 10.8 Å². The molecule has 0 amide bonds. The number of hydrogen-bond donors (Lipinski definition) is 1. The number of aliphatic imine (C=N–C) groups is 1. The topological polar surface area (TPSA) is 58.9 Å². The van der Waals surface area contributed by atoms with E-state index in [1.165, 1.54) is 0 Å². The van der Waals surface area contributed by atoms with Crippen LogP contribution in [0.1, 0.15) is 11.1 Å². The monoisotopic (exact) mass is 303 g/mol. The van der Waals surface area contributed by atoms with E-state index in [1.807, 2.05) is 25.1 Å². The average Bonchev–Trinajstić information content (AvgIpc) is 2.48. The zero-order valence-corrected chi connectivity index (χ0v) is 12.2. The second-order valence-corrected chi connectivity index (χ2v) is 4.80. The first-order chi connectivity index (χ1) is 10.1. The van der Waals surface area contributed by atoms with Gasteiger partial charge in [-0.1, -0.05) is 17.7 Å². The van der Waals surface area contributed by atoms with Gasteiger partial charge in [0.2, 0.25) is 0 Å². The van der Waals surface area contributed by atoms with Crippen LogP contribution in [0, 0.1) is 6.92 Å². The average molecular weight is 304 g/mol. The molecule has 0 saturated carbocycles. The zero-order chi connectivity index (χ0) is 15.2. The molecule has 5 heteroatoms. The highest BCUT2D eigenvalue weighted by Crippen LogP contribution is 2.25. The number of nitrogens with zero attached hydrogens (tertiary/aromatic N) is 1. The van der Waals surface area contributed by atoms with Gasteiger partial charge in [-0.25, -0.2) is 4.79 Å². The molecule has 0 bridgehead atoms. The van der Waals surface area contributed by atoms with Crippen molar-refractivity contribution in [3.05, 3.63) is 58.6 Å². The van der Waals surface area contributed by atoms with Crippen molar-refractivity contribution >= 4 is 29.5 Å². The summed E-state index contributed by atoms with van der Waals surface area (Å²) < 4.78 is 5.06. The Morgan fingerprint density at radius 1 is 1.29 bits per heavy atom. The van der Waals surface area contributed by atoms with Crippen LogP contribution < -0.4 is 4.74 Å². The number of aliphatic carboxylic acids is 1. The van der Waals surface area contributed by atoms with Gasteiger partial charge >= 0.3 is 5.97 Å². The van der Waals surface area contributed by atoms with Crippen molar-refractivity contribution in [2.75, 3.05) is 6.61 Å². The molecule has 108 valence electrons. The molecule has 0 aromatic heterocycles. The molecule has 4 nitrogen and oxygen atoms in total. The van der Waals surface area contributed by atoms with Crippen LogP contribution in [0.2, 0.25) is 5.02 Å². The fraction of sp³-hybridized carbons (Fsp3) is 0.125. The Morgan fingerprint density at radius 3 is 2.67 bits per heavy atom. The van der Waals surface area contributed by atoms with Crippen LogP contribution in [0.3, 0.4) is 0 Å². The van der Waals surface area contributed by atoms with Crippen LogP contribution in [0.5, 0.6) is 5.75 Å². The van der Waals surface area contributed by atoms with Gasteiger partial charge in [0.25, 0.3) is 0 Å². The Morgan fingerprint density at radius 2 is 2.00 bits per heavy atom. The molecule has 0 unspecified atom stereocenters. The summed E-state index contributed by atoms with van der Waals surface area (Å²) in [5, 5.41) is 9.21. The molecule has 2 rings (SSSR count). The minimum atomic E-state index is -1.00. The van der Waals surface area contributed by atoms with E-state index >= 15 is 0 Å². The van der Waals surface area contributed by atoms with Crippen molar-refractivity contribution in [3.63, 3.8) is 0 Å². The van der Waals surface area contributed by atoms with Crippen LogP contribution in [0.15, 0.2) is 47.5 Å². The minimum Gasteiger partial charge on any atom is -0.482 e. The smallest absolute Gasteiger partial charge is 0.341 e. The van der Waals surface area contributed by atoms with Gasteiger partial charge in [-0.2, -0.15) is 0 Å². The van der Waals surface area contributed by atoms with Gasteiger partial charge in [0.1, 0.15) is 5.75 Å². The van der Waals surface area contributed by atoms with E-state index in [1.54, 1.807) is 30.5 Å². The molecule has 0 saturated heterocycles. The van der Waals surface area contributed by atoms with Gasteiger partial charge in [0.05, 0.1) is 5.69 Å². The lowest BCUT2D eigenvalue weighted by Gasteiger charge is -2.03. The largest absolute Gasteiger partial charge is 0.482 e. The summed E-state index contributed by atoms with van der Waals surface area (Å²) in [6, 6.07) is 12.6. The van der Waals surface area contributed by atoms with Crippen LogP contribution in [0.25, 0.3) is 0 Å². The number of benzene rings is 2. The Kier molecular flexibility index (Phi) is 4.95. The van der Waals surface area contributed by atoms with Gasteiger partial charge in [-0.15, -0.1) is 0 Å². The second-order valence-electron chi connectivity index (χ2n) is 4.39. The molecule has 0 heterocycles. The molecule has 0 aliphatic carbocycles. The highest BCUT2D eigenvalue weighted by Gasteiger charge is 2.00. The molecule has 0 radical (unpaired) electrons. The van der Waals surface area contributed by atoms with Crippen molar-refractivity contribution in [2.45, 2.75) is 6.92 Å². The van der Waals surface area contributed by atoms with Gasteiger partial charge < -0.3 is 9.84 Å². The number of hydrogen-bond acceptors (Lipinski definition) is 3. The van der Waals surface area contributed by atoms with E-state index in [9.17, 15) is 4.79 Å². The fourth-order valence-corrected chi connectivity index (χ4v) is 1.84. The van der Waals surface area contributed by atoms with Gasteiger partial charge in [-0.05, 0) is 54.4 Å². The molecule has 0 aliphatic heterocycles. The summed E-state index contributed by atoms with van der Waals surface area (Å²) >= 11 is 6.04. The normalized spacial score (nSPS) is 10.8. The zero-order valence-electron chi connectivity index (χ0n) is 11.4. The SMILES string of the molecule is Cc1c(Cl)cccc1N=Cc1ccc(OCC(=O)O)cc1. The molecule has 2 aromatic rings. The maximum Gasteiger partial charge on any atom is 0.341 e. The molecule has 21 heavy (non-hydrogen) atoms. The summed E-state index contributed by atoms with van der Waals surface area (Å²) in [4.78, 5) is 14.8. The van der Waals surface area contributed by atoms with Crippen molar-refractivity contribution < 1.29 is 14.6 Å². The van der Waals surface area contributed by atoms with Gasteiger partial charge in [-0.3, -0.25) is 4.99 Å². The molecule has 0 atom stereocenters. The standard InChI is InChI=1S/C16H14ClNO3/c1-11-14(17)3-2-4-15(11)18-9-12-5-7-13(8-6-12)21-10-16(19)20/h2-9H,10H2,1H3,(H,19,20). The Bertz CT molecular complexity index is 666. The van der Waals surface area contributed by atoms with Crippen LogP contribution >= 0.6 is 11.6 Å². The first kappa shape index (κ1) is 15.1. The molecule has 0 aliphatic rings. The number of carboxylic acid groups (broad SMARTS) is 1. The van der Waals surface area contributed by atoms with Gasteiger partial charge in [0.15, 0.2) is 6.61 Å². The summed E-state index contributed by atoms with van der Waals surface area (Å²) in [6.45, 7) is 1.56. The second kappa shape index (κ2) is 6.90. The predicted molar refractivity (Wildman–Crippen MR) is 83.0 cm³/mol. The first-order valence-corrected chi connectivity index (χ1v) is 6.68. The highest BCUT2D eigenvalue weighted by molar-refractivity contribution is 6.31. The van der Waals surface area contributed by atoms with Crippen molar-refractivity contribution in [2.24, 2.45) is 4.99 Å². The van der Waals surface area contributed by atoms with E-state index in [-0.39, 0.29) is 6.61 Å². The first-order valence-electron chi connectivity index (χ1n) is 6.30. The van der Waals surface area contributed by atoms with E-state index < -0.39 is 5.97 Å². The predicted octanol–water partition coefficient (Wildman–Crippen LogP) is 3.86. The molecular weight excluding hydrogens is 290 g/mol. The van der Waals surface area contributed by atoms with E-state index in [2.05, 4.69) is 4.99 Å². The minimum absolute atomic E-state index is 0.352. The van der Waals surface area contributed by atoms with Crippen molar-refractivity contribution in [1.29, 1.82) is 0 Å². The highest BCUT2D eigenvalue weighted by atomic mass is 35.5. The lowest BCUT2D eigenvalue weighted by molar-refractivity contribution is -0.139. The third-order valence-corrected chi connectivity index (χ3v) is 3.24. The van der Waals surface area contributed by atoms with Gasteiger partial charge in [0, 0.05) is 11.2 Å². The lowest BCUT2D eigenvalue weighted by atomic mass is 10.2. The van der Waals surface area contributed by atoms with E-state index in [4.69, 9.17) is 21.4 Å². The third-order valence-electron chi connectivity index (χ3n) is 2.83. The maximum atomic E-state index is 10.4. The number of carboxylic acids is 1. The number of ether oxygens (including phenoxy) is 1. The van der Waals surface area contributed by atoms with Crippen LogP contribution in [-0.2, 0) is 4.79 Å². The Hall–Kier alpha value is -2.33. The lowest BCUT2D eigenvalue weighted by Crippen LogP contribution is -2.09. The summed E-state index contributed by atoms with van der Waals surface area (Å²) in [5.74, 6) is -0.495. The fourth-order valence-electron chi connectivity index (χ4n) is 1.68. The number of rotatable bonds is 5. The van der Waals surface area contributed by atoms with E-state index in [0.717, 1.165) is 16.8 Å². The molecular formula is C16H14ClNO3. The molecule has 2 aromatic carbocycles. The summed E-state index contributed by atoms with van der Waals surface area (Å²) in [6.07, 6.45) is 1.72. The number of carbonyl (C=O) groups is 1. The quantitative estimate of drug-likeness (QED) is 0.853. The van der Waals surface area contributed by atoms with Crippen LogP contribution in [0.4, 0.5) is 5.69 Å².